The number of carboxylic acid groups (broad SMARTS) is 1. The van der Waals surface area contributed by atoms with Gasteiger partial charge in [-0.25, -0.2) is 14.8 Å². The van der Waals surface area contributed by atoms with Crippen LogP contribution >= 0.6 is 0 Å². The molecule has 2 fully saturated rings. The summed E-state index contributed by atoms with van der Waals surface area (Å²) in [5.74, 6) is -0.851. The maximum Gasteiger partial charge on any atom is 0.490 e. The van der Waals surface area contributed by atoms with Gasteiger partial charge in [-0.15, -0.1) is 0 Å². The number of rotatable bonds is 3. The molecule has 1 amide bonds. The van der Waals surface area contributed by atoms with E-state index in [0.717, 1.165) is 49.7 Å². The van der Waals surface area contributed by atoms with Gasteiger partial charge in [0.05, 0.1) is 36.8 Å². The monoisotopic (exact) mass is 456 g/mol. The molecule has 0 atom stereocenters. The number of ether oxygens (including phenoxy) is 1. The van der Waals surface area contributed by atoms with E-state index >= 15 is 0 Å². The fraction of sp³-hybridized carbons (Fsp3) is 0.500. The van der Waals surface area contributed by atoms with E-state index in [1.54, 1.807) is 17.3 Å². The highest BCUT2D eigenvalue weighted by atomic mass is 19.4. The molecule has 0 unspecified atom stereocenters. The normalized spacial score (nSPS) is 18.9. The SMILES string of the molecule is Cc1ccc(CN2CCC3(CC2)CN(c2cncnc2)C(=O)CO3)o1.O=C(O)C(F)(F)F. The van der Waals surface area contributed by atoms with Crippen LogP contribution in [0.2, 0.25) is 0 Å². The summed E-state index contributed by atoms with van der Waals surface area (Å²) >= 11 is 0. The number of carbonyl (C=O) groups excluding carboxylic acids is 1. The zero-order chi connectivity index (χ0) is 23.4. The van der Waals surface area contributed by atoms with E-state index in [4.69, 9.17) is 19.1 Å². The van der Waals surface area contributed by atoms with Gasteiger partial charge in [0.1, 0.15) is 24.5 Å². The van der Waals surface area contributed by atoms with E-state index in [-0.39, 0.29) is 18.1 Å². The standard InChI is InChI=1S/C18H22N4O3.C2HF3O2/c1-14-2-3-16(25-14)10-21-6-4-18(5-7-21)12-22(17(23)11-24-18)15-8-19-13-20-9-15;3-2(4,5)1(6)7/h2-3,8-9,13H,4-7,10-12H2,1H3;(H,6,7). The van der Waals surface area contributed by atoms with Crippen molar-refractivity contribution in [3.05, 3.63) is 42.4 Å². The van der Waals surface area contributed by atoms with Gasteiger partial charge in [0.2, 0.25) is 0 Å². The second kappa shape index (κ2) is 9.65. The first kappa shape index (κ1) is 23.7. The van der Waals surface area contributed by atoms with Gasteiger partial charge in [-0.3, -0.25) is 9.69 Å². The molecule has 2 saturated heterocycles. The number of carbonyl (C=O) groups is 2. The summed E-state index contributed by atoms with van der Waals surface area (Å²) in [6.07, 6.45) is 1.53. The van der Waals surface area contributed by atoms with Crippen LogP contribution in [0, 0.1) is 6.92 Å². The highest BCUT2D eigenvalue weighted by Gasteiger charge is 2.43. The first-order valence-electron chi connectivity index (χ1n) is 9.85. The van der Waals surface area contributed by atoms with Gasteiger partial charge in [-0.1, -0.05) is 0 Å². The Morgan fingerprint density at radius 1 is 1.22 bits per heavy atom. The minimum atomic E-state index is -5.08. The van der Waals surface area contributed by atoms with E-state index in [2.05, 4.69) is 14.9 Å². The summed E-state index contributed by atoms with van der Waals surface area (Å²) < 4.78 is 43.4. The lowest BCUT2D eigenvalue weighted by molar-refractivity contribution is -0.192. The summed E-state index contributed by atoms with van der Waals surface area (Å²) in [6, 6.07) is 4.03. The molecule has 174 valence electrons. The van der Waals surface area contributed by atoms with E-state index < -0.39 is 12.1 Å². The zero-order valence-corrected chi connectivity index (χ0v) is 17.3. The third-order valence-electron chi connectivity index (χ3n) is 5.29. The van der Waals surface area contributed by atoms with E-state index in [1.807, 2.05) is 19.1 Å². The van der Waals surface area contributed by atoms with Crippen LogP contribution in [0.1, 0.15) is 24.4 Å². The zero-order valence-electron chi connectivity index (χ0n) is 17.3. The number of halogens is 3. The maximum atomic E-state index is 12.3. The number of furan rings is 1. The molecule has 2 aliphatic rings. The van der Waals surface area contributed by atoms with Crippen molar-refractivity contribution in [3.8, 4) is 0 Å². The summed E-state index contributed by atoms with van der Waals surface area (Å²) in [6.45, 7) is 5.31. The van der Waals surface area contributed by atoms with Crippen molar-refractivity contribution in [3.63, 3.8) is 0 Å². The summed E-state index contributed by atoms with van der Waals surface area (Å²) in [4.78, 5) is 33.3. The smallest absolute Gasteiger partial charge is 0.475 e. The topological polar surface area (TPSA) is 109 Å². The van der Waals surface area contributed by atoms with Crippen molar-refractivity contribution in [1.29, 1.82) is 0 Å². The van der Waals surface area contributed by atoms with Crippen LogP contribution in [0.25, 0.3) is 0 Å². The molecule has 0 saturated carbocycles. The predicted molar refractivity (Wildman–Crippen MR) is 105 cm³/mol. The Balaban J connectivity index is 0.000000360. The molecule has 0 radical (unpaired) electrons. The minimum Gasteiger partial charge on any atom is -0.475 e. The number of aryl methyl sites for hydroxylation is 1. The second-order valence-corrected chi connectivity index (χ2v) is 7.64. The number of anilines is 1. The molecule has 0 aromatic carbocycles. The average molecular weight is 456 g/mol. The van der Waals surface area contributed by atoms with E-state index in [9.17, 15) is 18.0 Å². The van der Waals surface area contributed by atoms with E-state index in [0.29, 0.717) is 6.54 Å². The van der Waals surface area contributed by atoms with Crippen LogP contribution in [0.15, 0.2) is 35.3 Å². The number of hydrogen-bond acceptors (Lipinski definition) is 7. The van der Waals surface area contributed by atoms with Crippen molar-refractivity contribution in [1.82, 2.24) is 14.9 Å². The molecular weight excluding hydrogens is 433 g/mol. The number of likely N-dealkylation sites (tertiary alicyclic amines) is 1. The summed E-state index contributed by atoms with van der Waals surface area (Å²) in [7, 11) is 0. The molecule has 4 rings (SSSR count). The summed E-state index contributed by atoms with van der Waals surface area (Å²) in [5.41, 5.74) is 0.461. The Bertz CT molecular complexity index is 927. The molecule has 2 aliphatic heterocycles. The maximum absolute atomic E-state index is 12.3. The minimum absolute atomic E-state index is 0.0334. The lowest BCUT2D eigenvalue weighted by Gasteiger charge is -2.46. The van der Waals surface area contributed by atoms with Gasteiger partial charge in [-0.05, 0) is 31.9 Å². The van der Waals surface area contributed by atoms with Gasteiger partial charge in [0.15, 0.2) is 0 Å². The molecule has 1 spiro atoms. The number of amides is 1. The fourth-order valence-corrected chi connectivity index (χ4v) is 3.59. The Labute approximate surface area is 181 Å². The van der Waals surface area contributed by atoms with E-state index in [1.165, 1.54) is 6.33 Å². The Hall–Kier alpha value is -2.99. The lowest BCUT2D eigenvalue weighted by atomic mass is 9.89. The van der Waals surface area contributed by atoms with Crippen LogP contribution in [0.3, 0.4) is 0 Å². The molecule has 1 N–H and O–H groups in total. The van der Waals surface area contributed by atoms with Crippen molar-refractivity contribution >= 4 is 17.6 Å². The van der Waals surface area contributed by atoms with Crippen molar-refractivity contribution in [2.75, 3.05) is 31.1 Å². The summed E-state index contributed by atoms with van der Waals surface area (Å²) in [5, 5.41) is 7.12. The molecule has 0 bridgehead atoms. The third kappa shape index (κ3) is 6.04. The number of carboxylic acids is 1. The Kier molecular flexibility index (Phi) is 7.14. The first-order valence-corrected chi connectivity index (χ1v) is 9.85. The largest absolute Gasteiger partial charge is 0.490 e. The van der Waals surface area contributed by atoms with Crippen LogP contribution in [0.5, 0.6) is 0 Å². The Morgan fingerprint density at radius 2 is 1.84 bits per heavy atom. The Morgan fingerprint density at radius 3 is 2.38 bits per heavy atom. The van der Waals surface area contributed by atoms with Gasteiger partial charge >= 0.3 is 12.1 Å². The molecule has 2 aromatic rings. The van der Waals surface area contributed by atoms with Crippen LogP contribution in [-0.2, 0) is 20.9 Å². The van der Waals surface area contributed by atoms with Gasteiger partial charge in [-0.2, -0.15) is 13.2 Å². The molecule has 9 nitrogen and oxygen atoms in total. The highest BCUT2D eigenvalue weighted by molar-refractivity contribution is 5.94. The number of nitrogens with zero attached hydrogens (tertiary/aromatic N) is 4. The predicted octanol–water partition coefficient (Wildman–Crippen LogP) is 2.41. The number of hydrogen-bond donors (Lipinski definition) is 1. The molecule has 12 heteroatoms. The number of aromatic nitrogens is 2. The number of piperidine rings is 1. The molecular formula is C20H23F3N4O5. The highest BCUT2D eigenvalue weighted by Crippen LogP contribution is 2.33. The van der Waals surface area contributed by atoms with Gasteiger partial charge in [0, 0.05) is 13.1 Å². The van der Waals surface area contributed by atoms with Crippen molar-refractivity contribution < 1.29 is 37.0 Å². The van der Waals surface area contributed by atoms with Gasteiger partial charge in [0.25, 0.3) is 5.91 Å². The van der Waals surface area contributed by atoms with Crippen LogP contribution in [-0.4, -0.2) is 69.9 Å². The van der Waals surface area contributed by atoms with Crippen LogP contribution in [0.4, 0.5) is 18.9 Å². The second-order valence-electron chi connectivity index (χ2n) is 7.64. The molecule has 0 aliphatic carbocycles. The quantitative estimate of drug-likeness (QED) is 0.750. The van der Waals surface area contributed by atoms with Crippen molar-refractivity contribution in [2.24, 2.45) is 0 Å². The third-order valence-corrected chi connectivity index (χ3v) is 5.29. The molecule has 2 aromatic heterocycles. The number of alkyl halides is 3. The molecule has 4 heterocycles. The van der Waals surface area contributed by atoms with Crippen molar-refractivity contribution in [2.45, 2.75) is 38.1 Å². The number of aliphatic carboxylic acids is 1. The fourth-order valence-electron chi connectivity index (χ4n) is 3.59. The first-order chi connectivity index (χ1) is 15.1. The van der Waals surface area contributed by atoms with Crippen LogP contribution < -0.4 is 4.90 Å². The van der Waals surface area contributed by atoms with Gasteiger partial charge < -0.3 is 19.2 Å². The average Bonchev–Trinajstić information content (AvgIpc) is 3.17. The molecule has 32 heavy (non-hydrogen) atoms. The number of morpholine rings is 1. The lowest BCUT2D eigenvalue weighted by Crippen LogP contribution is -2.58.